The Balaban J connectivity index is 0.00000338. The number of aromatic nitrogens is 2. The van der Waals surface area contributed by atoms with Gasteiger partial charge < -0.3 is 15.2 Å². The lowest BCUT2D eigenvalue weighted by Crippen LogP contribution is -2.39. The molecule has 1 heterocycles. The van der Waals surface area contributed by atoms with E-state index in [2.05, 4.69) is 37.3 Å². The Kier molecular flexibility index (Phi) is 9.46. The van der Waals surface area contributed by atoms with E-state index in [0.29, 0.717) is 18.9 Å². The first kappa shape index (κ1) is 22.3. The fourth-order valence-electron chi connectivity index (χ4n) is 2.33. The highest BCUT2D eigenvalue weighted by Crippen LogP contribution is 2.18. The number of hydrogen-bond acceptors (Lipinski definition) is 2. The second-order valence-electron chi connectivity index (χ2n) is 5.50. The molecule has 0 aliphatic carbocycles. The van der Waals surface area contributed by atoms with Crippen LogP contribution < -0.4 is 10.6 Å². The van der Waals surface area contributed by atoms with E-state index in [4.69, 9.17) is 0 Å². The molecule has 0 atom stereocenters. The molecule has 0 unspecified atom stereocenters. The van der Waals surface area contributed by atoms with Gasteiger partial charge in [-0.1, -0.05) is 30.3 Å². The van der Waals surface area contributed by atoms with E-state index in [1.54, 1.807) is 6.20 Å². The molecule has 0 aliphatic rings. The van der Waals surface area contributed by atoms with Gasteiger partial charge in [0.25, 0.3) is 0 Å². The molecular formula is C17H23F3IN5. The number of alkyl halides is 3. The lowest BCUT2D eigenvalue weighted by Gasteiger charge is -2.13. The molecule has 0 saturated heterocycles. The third kappa shape index (κ3) is 8.07. The summed E-state index contributed by atoms with van der Waals surface area (Å²) in [6, 6.07) is 10.1. The Hall–Kier alpha value is -1.78. The van der Waals surface area contributed by atoms with Crippen molar-refractivity contribution in [3.63, 3.8) is 0 Å². The van der Waals surface area contributed by atoms with Gasteiger partial charge in [-0.15, -0.1) is 24.0 Å². The van der Waals surface area contributed by atoms with Crippen LogP contribution in [0.5, 0.6) is 0 Å². The van der Waals surface area contributed by atoms with Gasteiger partial charge in [-0.05, 0) is 5.56 Å². The van der Waals surface area contributed by atoms with Crippen LogP contribution in [-0.4, -0.2) is 41.8 Å². The van der Waals surface area contributed by atoms with Crippen LogP contribution in [0.25, 0.3) is 0 Å². The van der Waals surface area contributed by atoms with E-state index >= 15 is 0 Å². The zero-order valence-electron chi connectivity index (χ0n) is 14.5. The average Bonchev–Trinajstić information content (AvgIpc) is 3.00. The van der Waals surface area contributed by atoms with Crippen LogP contribution in [0.2, 0.25) is 0 Å². The number of halogens is 4. The van der Waals surface area contributed by atoms with Crippen LogP contribution in [0.4, 0.5) is 13.2 Å². The summed E-state index contributed by atoms with van der Waals surface area (Å²) in [6.45, 7) is 1.05. The van der Waals surface area contributed by atoms with Gasteiger partial charge >= 0.3 is 6.18 Å². The number of guanidine groups is 1. The highest BCUT2D eigenvalue weighted by molar-refractivity contribution is 14.0. The third-order valence-electron chi connectivity index (χ3n) is 3.56. The van der Waals surface area contributed by atoms with Crippen LogP contribution in [0.15, 0.2) is 47.7 Å². The summed E-state index contributed by atoms with van der Waals surface area (Å²) in [4.78, 5) is 8.26. The van der Waals surface area contributed by atoms with Crippen molar-refractivity contribution in [2.24, 2.45) is 4.99 Å². The minimum Gasteiger partial charge on any atom is -0.356 e. The van der Waals surface area contributed by atoms with E-state index in [9.17, 15) is 13.2 Å². The van der Waals surface area contributed by atoms with E-state index in [0.717, 1.165) is 12.4 Å². The Morgan fingerprint density at radius 3 is 2.50 bits per heavy atom. The number of aliphatic imine (C=N–C) groups is 1. The fourth-order valence-corrected chi connectivity index (χ4v) is 2.33. The fraction of sp³-hybridized carbons (Fsp3) is 0.412. The molecule has 1 aromatic heterocycles. The van der Waals surface area contributed by atoms with E-state index < -0.39 is 12.6 Å². The normalized spacial score (nSPS) is 11.8. The maximum atomic E-state index is 12.2. The third-order valence-corrected chi connectivity index (χ3v) is 3.56. The van der Waals surface area contributed by atoms with Gasteiger partial charge in [0, 0.05) is 45.5 Å². The highest BCUT2D eigenvalue weighted by atomic mass is 127. The van der Waals surface area contributed by atoms with Crippen LogP contribution in [0.3, 0.4) is 0 Å². The van der Waals surface area contributed by atoms with Crippen molar-refractivity contribution in [3.05, 3.63) is 54.1 Å². The molecule has 2 rings (SSSR count). The highest BCUT2D eigenvalue weighted by Gasteiger charge is 2.26. The number of rotatable bonds is 7. The lowest BCUT2D eigenvalue weighted by molar-refractivity contribution is -0.132. The Morgan fingerprint density at radius 2 is 1.85 bits per heavy atom. The standard InChI is InChI=1S/C17H22F3N5.HI/c1-21-16(24-10-8-17(18,19)20)23-9-7-15-22-11-12-25(15)13-14-5-3-2-4-6-14;/h2-6,11-12H,7-10,13H2,1H3,(H2,21,23,24);1H. The van der Waals surface area contributed by atoms with E-state index in [1.807, 2.05) is 24.4 Å². The Bertz CT molecular complexity index is 671. The number of benzene rings is 1. The molecule has 9 heteroatoms. The van der Waals surface area contributed by atoms with E-state index in [1.165, 1.54) is 12.6 Å². The summed E-state index contributed by atoms with van der Waals surface area (Å²) < 4.78 is 38.5. The quantitative estimate of drug-likeness (QED) is 0.363. The van der Waals surface area contributed by atoms with Crippen molar-refractivity contribution in [1.29, 1.82) is 0 Å². The zero-order valence-corrected chi connectivity index (χ0v) is 16.8. The number of hydrogen-bond donors (Lipinski definition) is 2. The Labute approximate surface area is 168 Å². The molecule has 1 aromatic carbocycles. The molecule has 0 amide bonds. The predicted octanol–water partition coefficient (Wildman–Crippen LogP) is 3.21. The van der Waals surface area contributed by atoms with Gasteiger partial charge in [-0.25, -0.2) is 4.98 Å². The van der Waals surface area contributed by atoms with Gasteiger partial charge in [-0.2, -0.15) is 13.2 Å². The smallest absolute Gasteiger partial charge is 0.356 e. The molecule has 0 bridgehead atoms. The van der Waals surface area contributed by atoms with Gasteiger partial charge in [0.2, 0.25) is 0 Å². The van der Waals surface area contributed by atoms with Crippen molar-refractivity contribution < 1.29 is 13.2 Å². The van der Waals surface area contributed by atoms with Gasteiger partial charge in [-0.3, -0.25) is 4.99 Å². The molecule has 26 heavy (non-hydrogen) atoms. The topological polar surface area (TPSA) is 54.2 Å². The molecule has 144 valence electrons. The molecule has 0 fully saturated rings. The molecule has 5 nitrogen and oxygen atoms in total. The number of nitrogens with zero attached hydrogens (tertiary/aromatic N) is 3. The minimum absolute atomic E-state index is 0. The van der Waals surface area contributed by atoms with Crippen molar-refractivity contribution >= 4 is 29.9 Å². The minimum atomic E-state index is -4.17. The average molecular weight is 481 g/mol. The molecule has 0 saturated carbocycles. The van der Waals surface area contributed by atoms with Crippen LogP contribution >= 0.6 is 24.0 Å². The molecule has 0 aliphatic heterocycles. The summed E-state index contributed by atoms with van der Waals surface area (Å²) in [5.41, 5.74) is 1.18. The maximum Gasteiger partial charge on any atom is 0.390 e. The first-order chi connectivity index (χ1) is 12.0. The summed E-state index contributed by atoms with van der Waals surface area (Å²) in [5, 5.41) is 5.66. The molecule has 2 N–H and O–H groups in total. The summed E-state index contributed by atoms with van der Waals surface area (Å²) >= 11 is 0. The van der Waals surface area contributed by atoms with E-state index in [-0.39, 0.29) is 30.5 Å². The first-order valence-corrected chi connectivity index (χ1v) is 8.03. The van der Waals surface area contributed by atoms with Crippen molar-refractivity contribution in [2.45, 2.75) is 25.6 Å². The summed E-state index contributed by atoms with van der Waals surface area (Å²) in [5.74, 6) is 1.26. The van der Waals surface area contributed by atoms with Crippen LogP contribution in [0.1, 0.15) is 17.8 Å². The van der Waals surface area contributed by atoms with Crippen molar-refractivity contribution in [1.82, 2.24) is 20.2 Å². The van der Waals surface area contributed by atoms with Gasteiger partial charge in [0.15, 0.2) is 5.96 Å². The lowest BCUT2D eigenvalue weighted by atomic mass is 10.2. The van der Waals surface area contributed by atoms with Crippen LogP contribution in [0, 0.1) is 0 Å². The van der Waals surface area contributed by atoms with Gasteiger partial charge in [0.1, 0.15) is 5.82 Å². The van der Waals surface area contributed by atoms with Crippen molar-refractivity contribution in [2.75, 3.05) is 20.1 Å². The zero-order chi connectivity index (χ0) is 18.1. The monoisotopic (exact) mass is 481 g/mol. The SMILES string of the molecule is CN=C(NCCc1nccn1Cc1ccccc1)NCCC(F)(F)F.I. The summed E-state index contributed by atoms with van der Waals surface area (Å²) in [6.07, 6.45) is -0.767. The second kappa shape index (κ2) is 11.0. The molecule has 0 spiro atoms. The molecular weight excluding hydrogens is 458 g/mol. The first-order valence-electron chi connectivity index (χ1n) is 8.03. The van der Waals surface area contributed by atoms with Crippen molar-refractivity contribution in [3.8, 4) is 0 Å². The van der Waals surface area contributed by atoms with Crippen LogP contribution in [-0.2, 0) is 13.0 Å². The Morgan fingerprint density at radius 1 is 1.15 bits per heavy atom. The second-order valence-corrected chi connectivity index (χ2v) is 5.50. The molecule has 0 radical (unpaired) electrons. The largest absolute Gasteiger partial charge is 0.390 e. The number of nitrogens with one attached hydrogen (secondary N) is 2. The number of imidazole rings is 1. The van der Waals surface area contributed by atoms with Gasteiger partial charge in [0.05, 0.1) is 6.42 Å². The predicted molar refractivity (Wildman–Crippen MR) is 107 cm³/mol. The summed E-state index contributed by atoms with van der Waals surface area (Å²) in [7, 11) is 1.53. The molecule has 2 aromatic rings. The maximum absolute atomic E-state index is 12.2.